The van der Waals surface area contributed by atoms with E-state index in [1.54, 1.807) is 0 Å². The largest absolute Gasteiger partial charge is 0.507 e. The highest BCUT2D eigenvalue weighted by Gasteiger charge is 2.21. The molecule has 1 aliphatic carbocycles. The van der Waals surface area contributed by atoms with Gasteiger partial charge in [0.25, 0.3) is 0 Å². The van der Waals surface area contributed by atoms with E-state index in [4.69, 9.17) is 14.5 Å². The van der Waals surface area contributed by atoms with E-state index in [2.05, 4.69) is 43.3 Å². The Balaban J connectivity index is 1.54. The lowest BCUT2D eigenvalue weighted by Gasteiger charge is -2.22. The van der Waals surface area contributed by atoms with Crippen LogP contribution < -0.4 is 9.47 Å². The van der Waals surface area contributed by atoms with Crippen molar-refractivity contribution >= 4 is 6.21 Å². The van der Waals surface area contributed by atoms with E-state index in [-0.39, 0.29) is 24.0 Å². The van der Waals surface area contributed by atoms with Gasteiger partial charge in [0.05, 0.1) is 18.2 Å². The van der Waals surface area contributed by atoms with Gasteiger partial charge in [-0.25, -0.2) is 0 Å². The molecule has 2 N–H and O–H groups in total. The topological polar surface area (TPSA) is 71.3 Å². The monoisotopic (exact) mass is 639 g/mol. The molecule has 8 bridgehead atoms. The van der Waals surface area contributed by atoms with Crippen LogP contribution in [-0.2, 0) is 25.7 Å². The Morgan fingerprint density at radius 3 is 1.35 bits per heavy atom. The standard InChI is InChI=1S/C43H45NO4/c1-27(2)47-42-34-16-10-18-36(42)24-38-20-30(26-44-29(5)31-12-7-6-8-13-31)21-39(41(38)46)25-37-19-11-17-35(43(37)48-28(3)4)23-33-15-9-14-32(22-34)40(33)45/h6-21,26-29,45-46H,22-25H2,1-5H3/t29-/m1/s1. The zero-order valence-electron chi connectivity index (χ0n) is 28.5. The van der Waals surface area contributed by atoms with Gasteiger partial charge in [-0.05, 0) is 102 Å². The van der Waals surface area contributed by atoms with Crippen molar-refractivity contribution in [1.29, 1.82) is 0 Å². The van der Waals surface area contributed by atoms with Gasteiger partial charge < -0.3 is 19.7 Å². The molecule has 0 unspecified atom stereocenters. The van der Waals surface area contributed by atoms with E-state index in [1.165, 1.54) is 0 Å². The lowest BCUT2D eigenvalue weighted by molar-refractivity contribution is 0.238. The van der Waals surface area contributed by atoms with Crippen molar-refractivity contribution in [3.8, 4) is 23.0 Å². The summed E-state index contributed by atoms with van der Waals surface area (Å²) in [6.07, 6.45) is 3.75. The molecule has 0 amide bonds. The SMILES string of the molecule is CC(C)Oc1c2cccc1Cc1cc(C=N[C@H](C)c3ccccc3)cc(c1O)Cc1cccc(c1OC(C)C)Cc1cccc(c1O)C2. The first-order valence-corrected chi connectivity index (χ1v) is 16.9. The number of phenolic OH excluding ortho intramolecular Hbond substituents is 2. The third kappa shape index (κ3) is 7.41. The van der Waals surface area contributed by atoms with Gasteiger partial charge in [-0.3, -0.25) is 4.99 Å². The predicted molar refractivity (Wildman–Crippen MR) is 194 cm³/mol. The highest BCUT2D eigenvalue weighted by molar-refractivity contribution is 5.81. The highest BCUT2D eigenvalue weighted by atomic mass is 16.5. The third-order valence-corrected chi connectivity index (χ3v) is 8.81. The molecule has 5 heteroatoms. The molecule has 246 valence electrons. The zero-order valence-corrected chi connectivity index (χ0v) is 28.5. The van der Waals surface area contributed by atoms with Crippen LogP contribution >= 0.6 is 0 Å². The zero-order chi connectivity index (χ0) is 33.8. The Morgan fingerprint density at radius 1 is 0.521 bits per heavy atom. The first-order chi connectivity index (χ1) is 23.2. The van der Waals surface area contributed by atoms with E-state index in [1.807, 2.05) is 94.6 Å². The molecule has 0 spiro atoms. The van der Waals surface area contributed by atoms with Crippen LogP contribution in [0.2, 0.25) is 0 Å². The first-order valence-electron chi connectivity index (χ1n) is 16.9. The lowest BCUT2D eigenvalue weighted by atomic mass is 9.90. The van der Waals surface area contributed by atoms with Gasteiger partial charge in [-0.15, -0.1) is 0 Å². The Kier molecular flexibility index (Phi) is 9.86. The molecule has 6 rings (SSSR count). The van der Waals surface area contributed by atoms with Crippen LogP contribution in [0, 0.1) is 0 Å². The van der Waals surface area contributed by atoms with Crippen molar-refractivity contribution < 1.29 is 19.7 Å². The number of benzene rings is 5. The fourth-order valence-electron chi connectivity index (χ4n) is 6.50. The van der Waals surface area contributed by atoms with E-state index in [0.717, 1.165) is 67.1 Å². The molecule has 0 aliphatic heterocycles. The quantitative estimate of drug-likeness (QED) is 0.171. The van der Waals surface area contributed by atoms with E-state index in [0.29, 0.717) is 31.4 Å². The smallest absolute Gasteiger partial charge is 0.126 e. The average Bonchev–Trinajstić information content (AvgIpc) is 3.06. The minimum Gasteiger partial charge on any atom is -0.507 e. The van der Waals surface area contributed by atoms with Crippen LogP contribution in [0.15, 0.2) is 102 Å². The maximum Gasteiger partial charge on any atom is 0.126 e. The summed E-state index contributed by atoms with van der Waals surface area (Å²) in [6, 6.07) is 32.6. The molecule has 5 nitrogen and oxygen atoms in total. The number of hydrogen-bond acceptors (Lipinski definition) is 5. The summed E-state index contributed by atoms with van der Waals surface area (Å²) in [5.41, 5.74) is 9.26. The van der Waals surface area contributed by atoms with Gasteiger partial charge in [-0.1, -0.05) is 84.9 Å². The fraction of sp³-hybridized carbons (Fsp3) is 0.279. The van der Waals surface area contributed by atoms with Gasteiger partial charge in [-0.2, -0.15) is 0 Å². The lowest BCUT2D eigenvalue weighted by Crippen LogP contribution is -2.12. The van der Waals surface area contributed by atoms with Crippen molar-refractivity contribution in [2.24, 2.45) is 4.99 Å². The number of nitrogens with zero attached hydrogens (tertiary/aromatic N) is 1. The number of ether oxygens (including phenoxy) is 2. The number of hydrogen-bond donors (Lipinski definition) is 2. The number of phenols is 2. The molecule has 1 aliphatic rings. The second-order valence-corrected chi connectivity index (χ2v) is 13.3. The Bertz CT molecular complexity index is 1820. The normalized spacial score (nSPS) is 13.6. The molecule has 5 aromatic carbocycles. The minimum atomic E-state index is -0.0538. The number of fused-ring (bicyclic) bond motifs is 8. The summed E-state index contributed by atoms with van der Waals surface area (Å²) in [5, 5.41) is 23.5. The number of aliphatic imine (C=N–C) groups is 1. The van der Waals surface area contributed by atoms with Crippen LogP contribution in [0.4, 0.5) is 0 Å². The first kappa shape index (κ1) is 32.9. The molecule has 0 fully saturated rings. The van der Waals surface area contributed by atoms with Crippen molar-refractivity contribution in [1.82, 2.24) is 0 Å². The molecular weight excluding hydrogens is 594 g/mol. The highest BCUT2D eigenvalue weighted by Crippen LogP contribution is 2.39. The minimum absolute atomic E-state index is 0.0172. The molecule has 0 saturated heterocycles. The molecule has 0 saturated carbocycles. The van der Waals surface area contributed by atoms with Crippen LogP contribution in [0.3, 0.4) is 0 Å². The summed E-state index contributed by atoms with van der Waals surface area (Å²) in [5.74, 6) is 2.14. The van der Waals surface area contributed by atoms with E-state index >= 15 is 0 Å². The summed E-state index contributed by atoms with van der Waals surface area (Å²) in [4.78, 5) is 4.92. The Hall–Kier alpha value is -5.03. The second kappa shape index (κ2) is 14.4. The molecule has 0 heterocycles. The molecule has 1 atom stereocenters. The summed E-state index contributed by atoms with van der Waals surface area (Å²) >= 11 is 0. The van der Waals surface area contributed by atoms with Gasteiger partial charge in [0.1, 0.15) is 23.0 Å². The number of rotatable bonds is 7. The molecule has 5 aromatic rings. The summed E-state index contributed by atoms with van der Waals surface area (Å²) < 4.78 is 13.0. The Morgan fingerprint density at radius 2 is 0.917 bits per heavy atom. The van der Waals surface area contributed by atoms with Crippen molar-refractivity contribution in [2.45, 2.75) is 78.6 Å². The molecule has 48 heavy (non-hydrogen) atoms. The van der Waals surface area contributed by atoms with Crippen LogP contribution in [0.25, 0.3) is 0 Å². The van der Waals surface area contributed by atoms with Gasteiger partial charge in [0, 0.05) is 31.9 Å². The summed E-state index contributed by atoms with van der Waals surface area (Å²) in [7, 11) is 0. The molecule has 0 aromatic heterocycles. The number of aromatic hydroxyl groups is 2. The maximum atomic E-state index is 11.9. The summed E-state index contributed by atoms with van der Waals surface area (Å²) in [6.45, 7) is 10.2. The van der Waals surface area contributed by atoms with Crippen LogP contribution in [0.5, 0.6) is 23.0 Å². The van der Waals surface area contributed by atoms with Crippen molar-refractivity contribution in [3.05, 3.63) is 153 Å². The molecular formula is C43H45NO4. The predicted octanol–water partition coefficient (Wildman–Crippen LogP) is 9.53. The van der Waals surface area contributed by atoms with Gasteiger partial charge >= 0.3 is 0 Å². The average molecular weight is 640 g/mol. The van der Waals surface area contributed by atoms with Gasteiger partial charge in [0.15, 0.2) is 0 Å². The van der Waals surface area contributed by atoms with Gasteiger partial charge in [0.2, 0.25) is 0 Å². The van der Waals surface area contributed by atoms with E-state index in [9.17, 15) is 10.2 Å². The fourth-order valence-corrected chi connectivity index (χ4v) is 6.50. The van der Waals surface area contributed by atoms with Crippen LogP contribution in [0.1, 0.15) is 96.3 Å². The Labute approximate surface area is 284 Å². The maximum absolute atomic E-state index is 11.9. The van der Waals surface area contributed by atoms with Crippen molar-refractivity contribution in [3.63, 3.8) is 0 Å². The third-order valence-electron chi connectivity index (χ3n) is 8.81. The second-order valence-electron chi connectivity index (χ2n) is 13.3. The number of para-hydroxylation sites is 3. The molecule has 0 radical (unpaired) electrons. The van der Waals surface area contributed by atoms with Crippen molar-refractivity contribution in [2.75, 3.05) is 0 Å². The van der Waals surface area contributed by atoms with E-state index < -0.39 is 0 Å². The van der Waals surface area contributed by atoms with Crippen LogP contribution in [-0.4, -0.2) is 28.6 Å².